The molecule has 1 saturated heterocycles. The predicted octanol–water partition coefficient (Wildman–Crippen LogP) is 1.91. The largest absolute Gasteiger partial charge is 0.497 e. The summed E-state index contributed by atoms with van der Waals surface area (Å²) in [6.45, 7) is 14.4. The summed E-state index contributed by atoms with van der Waals surface area (Å²) in [6, 6.07) is 2.95. The van der Waals surface area contributed by atoms with Crippen molar-refractivity contribution in [3.8, 4) is 5.75 Å². The summed E-state index contributed by atoms with van der Waals surface area (Å²) >= 11 is 0. The minimum Gasteiger partial charge on any atom is -0.497 e. The molecule has 1 amide bonds. The minimum absolute atomic E-state index is 0.0862. The van der Waals surface area contributed by atoms with Gasteiger partial charge in [0.25, 0.3) is 0 Å². The van der Waals surface area contributed by atoms with E-state index in [1.165, 1.54) is 4.31 Å². The van der Waals surface area contributed by atoms with Gasteiger partial charge in [-0.05, 0) is 57.1 Å². The van der Waals surface area contributed by atoms with Gasteiger partial charge in [0.05, 0.1) is 37.9 Å². The molecule has 9 nitrogen and oxygen atoms in total. The quantitative estimate of drug-likeness (QED) is 0.410. The number of sulfonamides is 1. The number of carbonyl (C=O) groups is 1. The van der Waals surface area contributed by atoms with Gasteiger partial charge in [0.2, 0.25) is 15.9 Å². The van der Waals surface area contributed by atoms with Crippen molar-refractivity contribution < 1.29 is 27.4 Å². The van der Waals surface area contributed by atoms with Gasteiger partial charge in [-0.3, -0.25) is 4.79 Å². The Morgan fingerprint density at radius 1 is 1.12 bits per heavy atom. The minimum atomic E-state index is -3.78. The van der Waals surface area contributed by atoms with Crippen molar-refractivity contribution in [3.05, 3.63) is 23.3 Å². The average molecular weight is 500 g/mol. The molecule has 10 heteroatoms. The molecule has 0 unspecified atom stereocenters. The second kappa shape index (κ2) is 13.4. The summed E-state index contributed by atoms with van der Waals surface area (Å²) in [5.74, 6) is 0.526. The van der Waals surface area contributed by atoms with E-state index in [0.717, 1.165) is 19.6 Å². The Labute approximate surface area is 205 Å². The molecule has 194 valence electrons. The molecule has 0 saturated carbocycles. The highest BCUT2D eigenvalue weighted by atomic mass is 32.2. The molecule has 0 N–H and O–H groups in total. The number of nitrogens with zero attached hydrogens (tertiary/aromatic N) is 3. The Kier molecular flexibility index (Phi) is 11.2. The molecule has 34 heavy (non-hydrogen) atoms. The Hall–Kier alpha value is -1.72. The van der Waals surface area contributed by atoms with Gasteiger partial charge < -0.3 is 24.0 Å². The van der Waals surface area contributed by atoms with Crippen LogP contribution in [0.15, 0.2) is 17.0 Å². The highest BCUT2D eigenvalue weighted by Crippen LogP contribution is 2.30. The molecule has 1 aromatic carbocycles. The third kappa shape index (κ3) is 7.14. The van der Waals surface area contributed by atoms with E-state index in [1.807, 2.05) is 6.92 Å². The number of hydrogen-bond acceptors (Lipinski definition) is 7. The van der Waals surface area contributed by atoms with Crippen molar-refractivity contribution in [2.24, 2.45) is 0 Å². The number of amides is 1. The van der Waals surface area contributed by atoms with Crippen LogP contribution in [0.4, 0.5) is 0 Å². The lowest BCUT2D eigenvalue weighted by Gasteiger charge is -2.35. The van der Waals surface area contributed by atoms with Crippen LogP contribution in [0.5, 0.6) is 5.75 Å². The lowest BCUT2D eigenvalue weighted by Crippen LogP contribution is -2.51. The highest BCUT2D eigenvalue weighted by molar-refractivity contribution is 7.89. The number of ether oxygens (including phenoxy) is 3. The fraction of sp³-hybridized carbons (Fsp3) is 0.708. The summed E-state index contributed by atoms with van der Waals surface area (Å²) < 4.78 is 45.2. The molecular weight excluding hydrogens is 458 g/mol. The fourth-order valence-electron chi connectivity index (χ4n) is 4.27. The molecule has 1 aliphatic rings. The highest BCUT2D eigenvalue weighted by Gasteiger charge is 2.36. The molecule has 1 heterocycles. The van der Waals surface area contributed by atoms with E-state index in [2.05, 4.69) is 18.7 Å². The van der Waals surface area contributed by atoms with Gasteiger partial charge in [0.1, 0.15) is 12.4 Å². The summed E-state index contributed by atoms with van der Waals surface area (Å²) in [7, 11) is -2.22. The molecule has 0 aromatic heterocycles. The van der Waals surface area contributed by atoms with Gasteiger partial charge in [-0.1, -0.05) is 13.8 Å². The molecule has 1 atom stereocenters. The standard InChI is InChI=1S/C24H41N3O6S/c1-7-25(8-2)10-11-26(9-3)23(28)18-33-17-21-16-32-13-12-27(21)34(29,30)24-19(4)14-22(31-6)15-20(24)5/h14-15,21H,7-13,16-18H2,1-6H3/t21-/m0/s1. The number of carbonyl (C=O) groups excluding carboxylic acids is 1. The van der Waals surface area contributed by atoms with Crippen LogP contribution in [0.1, 0.15) is 31.9 Å². The molecule has 0 bridgehead atoms. The van der Waals surface area contributed by atoms with Gasteiger partial charge in [0.15, 0.2) is 0 Å². The molecular formula is C24H41N3O6S. The first-order valence-corrected chi connectivity index (χ1v) is 13.5. The van der Waals surface area contributed by atoms with Crippen LogP contribution >= 0.6 is 0 Å². The van der Waals surface area contributed by atoms with Crippen LogP contribution in [-0.2, 0) is 24.3 Å². The zero-order valence-electron chi connectivity index (χ0n) is 21.5. The molecule has 0 aliphatic carbocycles. The molecule has 1 fully saturated rings. The van der Waals surface area contributed by atoms with E-state index in [0.29, 0.717) is 36.6 Å². The van der Waals surface area contributed by atoms with Gasteiger partial charge in [-0.25, -0.2) is 8.42 Å². The van der Waals surface area contributed by atoms with Crippen molar-refractivity contribution in [1.82, 2.24) is 14.1 Å². The lowest BCUT2D eigenvalue weighted by atomic mass is 10.1. The van der Waals surface area contributed by atoms with Crippen LogP contribution in [0.3, 0.4) is 0 Å². The second-order valence-electron chi connectivity index (χ2n) is 8.45. The Balaban J connectivity index is 2.05. The number of morpholine rings is 1. The van der Waals surface area contributed by atoms with Crippen LogP contribution in [0.25, 0.3) is 0 Å². The van der Waals surface area contributed by atoms with E-state index in [4.69, 9.17) is 14.2 Å². The van der Waals surface area contributed by atoms with Gasteiger partial charge in [-0.2, -0.15) is 4.31 Å². The molecule has 0 radical (unpaired) electrons. The van der Waals surface area contributed by atoms with Crippen LogP contribution in [-0.4, -0.2) is 107 Å². The van der Waals surface area contributed by atoms with E-state index in [1.54, 1.807) is 38.0 Å². The molecule has 1 aromatic rings. The second-order valence-corrected chi connectivity index (χ2v) is 10.3. The zero-order valence-corrected chi connectivity index (χ0v) is 22.3. The maximum Gasteiger partial charge on any atom is 0.248 e. The first-order valence-electron chi connectivity index (χ1n) is 12.0. The maximum absolute atomic E-state index is 13.6. The smallest absolute Gasteiger partial charge is 0.248 e. The van der Waals surface area contributed by atoms with E-state index >= 15 is 0 Å². The van der Waals surface area contributed by atoms with E-state index < -0.39 is 16.1 Å². The Morgan fingerprint density at radius 2 is 1.76 bits per heavy atom. The van der Waals surface area contributed by atoms with Crippen molar-refractivity contribution in [1.29, 1.82) is 0 Å². The number of benzene rings is 1. The summed E-state index contributed by atoms with van der Waals surface area (Å²) in [5.41, 5.74) is 1.26. The SMILES string of the molecule is CCN(CC)CCN(CC)C(=O)COC[C@@H]1COCCN1S(=O)(=O)c1c(C)cc(OC)cc1C. The number of methoxy groups -OCH3 is 1. The van der Waals surface area contributed by atoms with Crippen molar-refractivity contribution in [3.63, 3.8) is 0 Å². The van der Waals surface area contributed by atoms with E-state index in [-0.39, 0.29) is 37.2 Å². The summed E-state index contributed by atoms with van der Waals surface area (Å²) in [5, 5.41) is 0. The van der Waals surface area contributed by atoms with Crippen molar-refractivity contribution in [2.45, 2.75) is 45.6 Å². The Bertz CT molecular complexity index is 881. The maximum atomic E-state index is 13.6. The van der Waals surface area contributed by atoms with Crippen LogP contribution in [0.2, 0.25) is 0 Å². The third-order valence-electron chi connectivity index (χ3n) is 6.26. The fourth-order valence-corrected chi connectivity index (χ4v) is 6.27. The van der Waals surface area contributed by atoms with Crippen molar-refractivity contribution >= 4 is 15.9 Å². The average Bonchev–Trinajstić information content (AvgIpc) is 2.81. The van der Waals surface area contributed by atoms with Gasteiger partial charge in [0, 0.05) is 26.2 Å². The predicted molar refractivity (Wildman–Crippen MR) is 132 cm³/mol. The van der Waals surface area contributed by atoms with Gasteiger partial charge >= 0.3 is 0 Å². The first kappa shape index (κ1) is 28.5. The van der Waals surface area contributed by atoms with Crippen molar-refractivity contribution in [2.75, 3.05) is 72.8 Å². The molecule has 1 aliphatic heterocycles. The van der Waals surface area contributed by atoms with Gasteiger partial charge in [-0.15, -0.1) is 0 Å². The number of likely N-dealkylation sites (N-methyl/N-ethyl adjacent to an activating group) is 2. The number of hydrogen-bond donors (Lipinski definition) is 0. The number of rotatable bonds is 13. The van der Waals surface area contributed by atoms with Crippen LogP contribution < -0.4 is 4.74 Å². The third-order valence-corrected chi connectivity index (χ3v) is 8.52. The molecule has 0 spiro atoms. The number of aryl methyl sites for hydroxylation is 2. The first-order chi connectivity index (χ1) is 16.2. The molecule has 2 rings (SSSR count). The normalized spacial score (nSPS) is 17.2. The van der Waals surface area contributed by atoms with E-state index in [9.17, 15) is 13.2 Å². The lowest BCUT2D eigenvalue weighted by molar-refractivity contribution is -0.137. The Morgan fingerprint density at radius 3 is 2.32 bits per heavy atom. The summed E-state index contributed by atoms with van der Waals surface area (Å²) in [6.07, 6.45) is 0. The monoisotopic (exact) mass is 499 g/mol. The van der Waals surface area contributed by atoms with Crippen LogP contribution in [0, 0.1) is 13.8 Å². The topological polar surface area (TPSA) is 88.6 Å². The zero-order chi connectivity index (χ0) is 25.3. The summed E-state index contributed by atoms with van der Waals surface area (Å²) in [4.78, 5) is 17.0.